The first-order chi connectivity index (χ1) is 39.0. The molecule has 1 unspecified atom stereocenters. The summed E-state index contributed by atoms with van der Waals surface area (Å²) in [6.45, 7) is 10.8. The second-order valence-corrected chi connectivity index (χ2v) is 22.1. The Morgan fingerprint density at radius 3 is 2.21 bits per heavy atom. The lowest BCUT2D eigenvalue weighted by atomic mass is 9.88. The average molecular weight is 1160 g/mol. The minimum absolute atomic E-state index is 0.0150. The van der Waals surface area contributed by atoms with Crippen molar-refractivity contribution in [1.82, 2.24) is 35.2 Å². The van der Waals surface area contributed by atoms with E-state index in [-0.39, 0.29) is 76.6 Å². The third-order valence-corrected chi connectivity index (χ3v) is 16.7. The van der Waals surface area contributed by atoms with Gasteiger partial charge in [-0.1, -0.05) is 41.4 Å². The van der Waals surface area contributed by atoms with Gasteiger partial charge in [0.15, 0.2) is 23.2 Å². The lowest BCUT2D eigenvalue weighted by Crippen LogP contribution is -2.58. The molecule has 19 nitrogen and oxygen atoms in total. The maximum absolute atomic E-state index is 14.6. The molecular formula is C58H71ClF2N10O9S. The minimum Gasteiger partial charge on any atom is -0.482 e. The van der Waals surface area contributed by atoms with Gasteiger partial charge in [0.2, 0.25) is 17.7 Å². The van der Waals surface area contributed by atoms with Crippen LogP contribution in [0.2, 0.25) is 5.02 Å². The van der Waals surface area contributed by atoms with Crippen molar-refractivity contribution in [3.05, 3.63) is 117 Å². The Morgan fingerprint density at radius 1 is 0.827 bits per heavy atom. The van der Waals surface area contributed by atoms with E-state index in [1.54, 1.807) is 59.8 Å². The van der Waals surface area contributed by atoms with Crippen LogP contribution in [0.25, 0.3) is 0 Å². The fraction of sp³-hybridized carbons (Fsp3) is 0.483. The maximum Gasteiger partial charge on any atom is 0.257 e. The zero-order valence-electron chi connectivity index (χ0n) is 46.1. The van der Waals surface area contributed by atoms with Crippen LogP contribution >= 0.6 is 23.4 Å². The summed E-state index contributed by atoms with van der Waals surface area (Å²) < 4.78 is 46.4. The molecule has 5 N–H and O–H groups in total. The maximum atomic E-state index is 14.6. The van der Waals surface area contributed by atoms with E-state index in [0.29, 0.717) is 81.7 Å². The van der Waals surface area contributed by atoms with Crippen molar-refractivity contribution >= 4 is 75.2 Å². The second kappa shape index (κ2) is 28.4. The summed E-state index contributed by atoms with van der Waals surface area (Å²) in [6.07, 6.45) is 3.30. The summed E-state index contributed by atoms with van der Waals surface area (Å²) in [5, 5.41) is 9.37. The highest BCUT2D eigenvalue weighted by molar-refractivity contribution is 8.14. The van der Waals surface area contributed by atoms with Crippen LogP contribution in [-0.4, -0.2) is 181 Å². The van der Waals surface area contributed by atoms with Gasteiger partial charge in [-0.15, -0.1) is 11.8 Å². The van der Waals surface area contributed by atoms with Crippen molar-refractivity contribution in [2.75, 3.05) is 103 Å². The second-order valence-electron chi connectivity index (χ2n) is 20.7. The molecule has 5 amide bonds. The van der Waals surface area contributed by atoms with Gasteiger partial charge in [0.25, 0.3) is 11.8 Å². The van der Waals surface area contributed by atoms with Crippen LogP contribution in [0.5, 0.6) is 5.75 Å². The number of thioether (sulfide) groups is 1. The van der Waals surface area contributed by atoms with Crippen LogP contribution in [0, 0.1) is 24.5 Å². The number of aromatic nitrogens is 1. The smallest absolute Gasteiger partial charge is 0.257 e. The molecule has 5 atom stereocenters. The number of likely N-dealkylation sites (tertiary alicyclic amines) is 2. The molecule has 8 rings (SSSR count). The number of ether oxygens (including phenoxy) is 3. The van der Waals surface area contributed by atoms with Gasteiger partial charge >= 0.3 is 0 Å². The van der Waals surface area contributed by atoms with Crippen molar-refractivity contribution in [1.29, 1.82) is 0 Å². The number of Topliss-reactive ketones (excluding diaryl/α,β-unsaturated/α-hetero) is 1. The number of hydrogen-bond donors (Lipinski definition) is 4. The van der Waals surface area contributed by atoms with Crippen LogP contribution in [0.4, 0.5) is 20.3 Å². The molecule has 3 fully saturated rings. The molecule has 23 heteroatoms. The van der Waals surface area contributed by atoms with Gasteiger partial charge in [0, 0.05) is 68.0 Å². The molecule has 4 aliphatic heterocycles. The number of piperazine rings is 1. The Hall–Kier alpha value is -6.56. The number of ketones is 1. The number of carbonyl (C=O) groups is 6. The first kappa shape index (κ1) is 60.5. The van der Waals surface area contributed by atoms with Crippen LogP contribution < -0.4 is 26.4 Å². The number of likely N-dealkylation sites (N-methyl/N-ethyl adjacent to an activating group) is 1. The lowest BCUT2D eigenvalue weighted by molar-refractivity contribution is -0.138. The molecule has 0 aliphatic carbocycles. The van der Waals surface area contributed by atoms with E-state index in [0.717, 1.165) is 61.5 Å². The highest BCUT2D eigenvalue weighted by atomic mass is 35.5. The van der Waals surface area contributed by atoms with Crippen molar-refractivity contribution in [3.63, 3.8) is 0 Å². The first-order valence-corrected chi connectivity index (χ1v) is 28.9. The first-order valence-electron chi connectivity index (χ1n) is 27.5. The number of pyridine rings is 1. The van der Waals surface area contributed by atoms with Gasteiger partial charge in [-0.3, -0.25) is 33.8 Å². The van der Waals surface area contributed by atoms with Gasteiger partial charge in [0.1, 0.15) is 24.0 Å². The van der Waals surface area contributed by atoms with Gasteiger partial charge < -0.3 is 55.5 Å². The zero-order chi connectivity index (χ0) is 57.7. The number of aliphatic imine (C=N–C) groups is 1. The van der Waals surface area contributed by atoms with Crippen LogP contribution in [0.3, 0.4) is 0 Å². The molecular weight excluding hydrogens is 1090 g/mol. The van der Waals surface area contributed by atoms with E-state index >= 15 is 0 Å². The largest absolute Gasteiger partial charge is 0.482 e. The highest BCUT2D eigenvalue weighted by Gasteiger charge is 2.43. The summed E-state index contributed by atoms with van der Waals surface area (Å²) in [4.78, 5) is 97.1. The van der Waals surface area contributed by atoms with Crippen LogP contribution in [0.1, 0.15) is 94.3 Å². The number of nitrogens with zero attached hydrogens (tertiary/aromatic N) is 6. The third kappa shape index (κ3) is 15.5. The molecule has 3 aromatic carbocycles. The number of nitrogen functional groups attached to an aromatic ring is 1. The molecule has 81 heavy (non-hydrogen) atoms. The number of aryl methyl sites for hydroxylation is 1. The Kier molecular flexibility index (Phi) is 21.2. The molecule has 0 bridgehead atoms. The van der Waals surface area contributed by atoms with Crippen molar-refractivity contribution < 1.29 is 51.8 Å². The standard InChI is InChI=1S/C58H71ClF2N10O9S/c1-35-7-9-39(10-8-35)52(73)45-34-81-56(66-45)46-6-5-20-71(46)58(77)51(67-54(74)36(2)63-4)38-17-21-68(22-18-38)27-29-79-31-30-78-28-19-48(72)69-23-25-70(26-24-69)57(76)40-11-13-42(14-12-40)65-55(75)41-32-47(53(62)64-33-41)80-37(3)49-44(60)16-15-43(59)50(49)61/h7-16,32-33,36-38,45-46,51,63H,5-6,17-31,34H2,1-4H3,(H2,62,64)(H,65,75)(H,67,74)/t36-,37-,45?,46-,51-/m1/s1. The molecule has 0 saturated carbocycles. The normalized spacial score (nSPS) is 19.0. The molecule has 3 saturated heterocycles. The molecule has 434 valence electrons. The lowest BCUT2D eigenvalue weighted by Gasteiger charge is -2.38. The van der Waals surface area contributed by atoms with Crippen molar-refractivity contribution in [3.8, 4) is 5.75 Å². The number of benzene rings is 3. The number of carbonyl (C=O) groups excluding carboxylic acids is 6. The van der Waals surface area contributed by atoms with Crippen molar-refractivity contribution in [2.45, 2.75) is 83.1 Å². The Bertz CT molecular complexity index is 2930. The van der Waals surface area contributed by atoms with E-state index in [1.807, 2.05) is 36.1 Å². The topological polar surface area (TPSA) is 230 Å². The highest BCUT2D eigenvalue weighted by Crippen LogP contribution is 2.34. The van der Waals surface area contributed by atoms with Gasteiger partial charge in [-0.05, 0) is 115 Å². The van der Waals surface area contributed by atoms with Crippen LogP contribution in [-0.2, 0) is 23.9 Å². The summed E-state index contributed by atoms with van der Waals surface area (Å²) in [5.41, 5.74) is 8.12. The predicted molar refractivity (Wildman–Crippen MR) is 306 cm³/mol. The fourth-order valence-electron chi connectivity index (χ4n) is 10.3. The quantitative estimate of drug-likeness (QED) is 0.0369. The van der Waals surface area contributed by atoms with Crippen LogP contribution in [0.15, 0.2) is 77.9 Å². The Balaban J connectivity index is 0.702. The molecule has 0 radical (unpaired) electrons. The number of nitrogens with two attached hydrogens (primary N) is 1. The summed E-state index contributed by atoms with van der Waals surface area (Å²) in [5.74, 6) is -2.70. The van der Waals surface area contributed by atoms with E-state index < -0.39 is 47.3 Å². The number of amides is 5. The van der Waals surface area contributed by atoms with E-state index in [4.69, 9.17) is 36.5 Å². The van der Waals surface area contributed by atoms with Gasteiger partial charge in [0.05, 0.1) is 66.1 Å². The van der Waals surface area contributed by atoms with Gasteiger partial charge in [-0.25, -0.2) is 13.8 Å². The number of halogens is 3. The molecule has 4 aliphatic rings. The van der Waals surface area contributed by atoms with Gasteiger partial charge in [-0.2, -0.15) is 0 Å². The number of rotatable bonds is 23. The Labute approximate surface area is 480 Å². The molecule has 5 heterocycles. The third-order valence-electron chi connectivity index (χ3n) is 15.3. The number of anilines is 2. The molecule has 4 aromatic rings. The van der Waals surface area contributed by atoms with E-state index in [9.17, 15) is 37.5 Å². The fourth-order valence-corrected chi connectivity index (χ4v) is 11.7. The monoisotopic (exact) mass is 1160 g/mol. The number of piperidine rings is 1. The summed E-state index contributed by atoms with van der Waals surface area (Å²) in [7, 11) is 1.72. The molecule has 1 aromatic heterocycles. The zero-order valence-corrected chi connectivity index (χ0v) is 47.7. The van der Waals surface area contributed by atoms with Crippen molar-refractivity contribution in [2.24, 2.45) is 10.9 Å². The summed E-state index contributed by atoms with van der Waals surface area (Å²) in [6, 6.07) is 15.4. The minimum atomic E-state index is -1.16. The number of nitrogens with one attached hydrogen (secondary N) is 3. The summed E-state index contributed by atoms with van der Waals surface area (Å²) >= 11 is 7.39. The average Bonchev–Trinajstić information content (AvgIpc) is 4.25. The van der Waals surface area contributed by atoms with E-state index in [1.165, 1.54) is 19.2 Å². The molecule has 0 spiro atoms. The SMILES string of the molecule is CN[C@H](C)C(=O)N[C@@H](C(=O)N1CCC[C@@H]1C1=NC(C(=O)c2ccc(C)cc2)CS1)C1CCN(CCOCCOCCC(=O)N2CCN(C(=O)c3ccc(NC(=O)c4cnc(N)c(O[C@H](C)c5c(F)ccc(Cl)c5F)c4)cc3)CC2)CC1. The van der Waals surface area contributed by atoms with E-state index in [2.05, 4.69) is 25.8 Å². The Morgan fingerprint density at radius 2 is 1.51 bits per heavy atom. The number of hydrogen-bond acceptors (Lipinski definition) is 15. The predicted octanol–water partition coefficient (Wildman–Crippen LogP) is 6.20.